The van der Waals surface area contributed by atoms with E-state index in [4.69, 9.17) is 0 Å². The summed E-state index contributed by atoms with van der Waals surface area (Å²) in [7, 11) is 0. The van der Waals surface area contributed by atoms with Crippen LogP contribution in [0.1, 0.15) is 38.5 Å². The first-order valence-corrected chi connectivity index (χ1v) is 9.02. The van der Waals surface area contributed by atoms with E-state index in [0.29, 0.717) is 0 Å². The molecule has 0 amide bonds. The molecule has 0 atom stereocenters. The lowest BCUT2D eigenvalue weighted by molar-refractivity contribution is -0.0353. The highest BCUT2D eigenvalue weighted by Crippen LogP contribution is 2.56. The summed E-state index contributed by atoms with van der Waals surface area (Å²) in [5, 5.41) is 7.19. The summed E-state index contributed by atoms with van der Waals surface area (Å²) < 4.78 is 0. The molecule has 4 saturated carbocycles. The van der Waals surface area contributed by atoms with Crippen LogP contribution in [0.15, 0.2) is 0 Å². The molecule has 0 unspecified atom stereocenters. The van der Waals surface area contributed by atoms with E-state index in [1.807, 2.05) is 0 Å². The second-order valence-corrected chi connectivity index (χ2v) is 7.57. The quantitative estimate of drug-likeness (QED) is 0.471. The highest BCUT2D eigenvalue weighted by molar-refractivity contribution is 7.80. The molecule has 110 valence electrons. The zero-order valence-corrected chi connectivity index (χ0v) is 13.0. The van der Waals surface area contributed by atoms with Crippen molar-refractivity contribution in [1.29, 1.82) is 0 Å². The van der Waals surface area contributed by atoms with Crippen molar-refractivity contribution < 1.29 is 0 Å². The summed E-state index contributed by atoms with van der Waals surface area (Å²) in [6, 6.07) is 0. The average Bonchev–Trinajstić information content (AvgIpc) is 2.39. The predicted octanol–water partition coefficient (Wildman–Crippen LogP) is 2.56. The van der Waals surface area contributed by atoms with E-state index in [1.54, 1.807) is 32.1 Å². The first-order valence-electron chi connectivity index (χ1n) is 8.39. The molecule has 0 radical (unpaired) electrons. The van der Waals surface area contributed by atoms with E-state index in [-0.39, 0.29) is 0 Å². The Balaban J connectivity index is 1.32. The molecule has 0 heterocycles. The maximum absolute atomic E-state index is 4.23. The number of hydrogen-bond acceptors (Lipinski definition) is 3. The molecule has 0 aromatic heterocycles. The molecule has 2 nitrogen and oxygen atoms in total. The van der Waals surface area contributed by atoms with E-state index in [0.717, 1.165) is 55.0 Å². The Morgan fingerprint density at radius 3 is 2.05 bits per heavy atom. The van der Waals surface area contributed by atoms with Crippen molar-refractivity contribution in [2.24, 2.45) is 29.6 Å². The van der Waals surface area contributed by atoms with Gasteiger partial charge in [-0.2, -0.15) is 12.6 Å². The van der Waals surface area contributed by atoms with E-state index in [9.17, 15) is 0 Å². The Hall–Kier alpha value is 0.270. The number of thiol groups is 1. The summed E-state index contributed by atoms with van der Waals surface area (Å²) in [5.74, 6) is 6.36. The van der Waals surface area contributed by atoms with Crippen molar-refractivity contribution in [2.45, 2.75) is 38.5 Å². The van der Waals surface area contributed by atoms with Crippen LogP contribution < -0.4 is 10.6 Å². The third-order valence-electron chi connectivity index (χ3n) is 5.79. The maximum atomic E-state index is 4.23. The van der Waals surface area contributed by atoms with Gasteiger partial charge >= 0.3 is 0 Å². The molecule has 4 rings (SSSR count). The summed E-state index contributed by atoms with van der Waals surface area (Å²) in [5.41, 5.74) is 0. The van der Waals surface area contributed by atoms with Crippen LogP contribution in [0.25, 0.3) is 0 Å². The van der Waals surface area contributed by atoms with Gasteiger partial charge in [-0.3, -0.25) is 0 Å². The summed E-state index contributed by atoms with van der Waals surface area (Å²) in [6.45, 7) is 4.64. The van der Waals surface area contributed by atoms with Crippen LogP contribution in [0.3, 0.4) is 0 Å². The molecule has 0 aromatic rings. The normalized spacial score (nSPS) is 39.9. The lowest BCUT2D eigenvalue weighted by Gasteiger charge is -2.54. The second kappa shape index (κ2) is 6.82. The van der Waals surface area contributed by atoms with Gasteiger partial charge in [0.05, 0.1) is 0 Å². The molecule has 4 bridgehead atoms. The second-order valence-electron chi connectivity index (χ2n) is 7.13. The van der Waals surface area contributed by atoms with Gasteiger partial charge in [0.1, 0.15) is 0 Å². The SMILES string of the molecule is SCCCNCCNCC1C2CC3CC(C2)CC1C3. The van der Waals surface area contributed by atoms with Gasteiger partial charge < -0.3 is 10.6 Å². The van der Waals surface area contributed by atoms with Gasteiger partial charge in [0, 0.05) is 13.1 Å². The molecule has 4 aliphatic carbocycles. The highest BCUT2D eigenvalue weighted by Gasteiger charge is 2.47. The van der Waals surface area contributed by atoms with Gasteiger partial charge in [-0.15, -0.1) is 0 Å². The van der Waals surface area contributed by atoms with Crippen molar-refractivity contribution in [3.8, 4) is 0 Å². The number of nitrogens with one attached hydrogen (secondary N) is 2. The first-order chi connectivity index (χ1) is 9.36. The van der Waals surface area contributed by atoms with Crippen molar-refractivity contribution in [3.05, 3.63) is 0 Å². The molecule has 0 saturated heterocycles. The molecule has 0 spiro atoms. The van der Waals surface area contributed by atoms with Gasteiger partial charge in [0.25, 0.3) is 0 Å². The minimum atomic E-state index is 0.994. The number of rotatable bonds is 8. The van der Waals surface area contributed by atoms with Gasteiger partial charge in [0.2, 0.25) is 0 Å². The minimum absolute atomic E-state index is 0.994. The van der Waals surface area contributed by atoms with Crippen LogP contribution in [0.2, 0.25) is 0 Å². The Labute approximate surface area is 123 Å². The summed E-state index contributed by atoms with van der Waals surface area (Å²) >= 11 is 4.23. The van der Waals surface area contributed by atoms with Crippen LogP contribution in [-0.4, -0.2) is 31.9 Å². The Bertz CT molecular complexity index is 254. The molecule has 4 aliphatic rings. The van der Waals surface area contributed by atoms with E-state index in [1.165, 1.54) is 13.0 Å². The molecular weight excluding hydrogens is 252 g/mol. The summed E-state index contributed by atoms with van der Waals surface area (Å²) in [6.07, 6.45) is 8.97. The first kappa shape index (κ1) is 14.2. The molecule has 0 aliphatic heterocycles. The molecule has 0 aromatic carbocycles. The van der Waals surface area contributed by atoms with Crippen LogP contribution in [0, 0.1) is 29.6 Å². The van der Waals surface area contributed by atoms with E-state index >= 15 is 0 Å². The average molecular weight is 282 g/mol. The van der Waals surface area contributed by atoms with Crippen molar-refractivity contribution in [3.63, 3.8) is 0 Å². The lowest BCUT2D eigenvalue weighted by Crippen LogP contribution is -2.48. The third kappa shape index (κ3) is 3.48. The van der Waals surface area contributed by atoms with Gasteiger partial charge in [-0.25, -0.2) is 0 Å². The fourth-order valence-corrected chi connectivity index (χ4v) is 5.30. The molecule has 3 heteroatoms. The monoisotopic (exact) mass is 282 g/mol. The molecule has 4 fully saturated rings. The van der Waals surface area contributed by atoms with Gasteiger partial charge in [-0.05, 0) is 87.0 Å². The smallest absolute Gasteiger partial charge is 0.00768 e. The fraction of sp³-hybridized carbons (Fsp3) is 1.00. The molecule has 19 heavy (non-hydrogen) atoms. The Morgan fingerprint density at radius 1 is 0.789 bits per heavy atom. The standard InChI is InChI=1S/C16H30N2S/c19-5-1-2-17-3-4-18-11-16-14-7-12-6-13(9-14)10-15(16)8-12/h12-19H,1-11H2. The van der Waals surface area contributed by atoms with Crippen LogP contribution >= 0.6 is 12.6 Å². The van der Waals surface area contributed by atoms with E-state index < -0.39 is 0 Å². The van der Waals surface area contributed by atoms with Crippen molar-refractivity contribution in [1.82, 2.24) is 10.6 Å². The van der Waals surface area contributed by atoms with Crippen molar-refractivity contribution in [2.75, 3.05) is 31.9 Å². The van der Waals surface area contributed by atoms with Crippen molar-refractivity contribution >= 4 is 12.6 Å². The zero-order chi connectivity index (χ0) is 13.1. The predicted molar refractivity (Wildman–Crippen MR) is 84.7 cm³/mol. The molecule has 2 N–H and O–H groups in total. The molecular formula is C16H30N2S. The third-order valence-corrected chi connectivity index (χ3v) is 6.11. The topological polar surface area (TPSA) is 24.1 Å². The Morgan fingerprint density at radius 2 is 1.42 bits per heavy atom. The van der Waals surface area contributed by atoms with Gasteiger partial charge in [0.15, 0.2) is 0 Å². The number of hydrogen-bond donors (Lipinski definition) is 3. The lowest BCUT2D eigenvalue weighted by atomic mass is 9.52. The van der Waals surface area contributed by atoms with Crippen LogP contribution in [0.4, 0.5) is 0 Å². The zero-order valence-electron chi connectivity index (χ0n) is 12.1. The Kier molecular flexibility index (Phi) is 5.10. The van der Waals surface area contributed by atoms with Crippen LogP contribution in [-0.2, 0) is 0 Å². The fourth-order valence-electron chi connectivity index (χ4n) is 5.15. The largest absolute Gasteiger partial charge is 0.315 e. The minimum Gasteiger partial charge on any atom is -0.315 e. The van der Waals surface area contributed by atoms with Crippen LogP contribution in [0.5, 0.6) is 0 Å². The highest BCUT2D eigenvalue weighted by atomic mass is 32.1. The summed E-state index contributed by atoms with van der Waals surface area (Å²) in [4.78, 5) is 0. The maximum Gasteiger partial charge on any atom is 0.00768 e. The van der Waals surface area contributed by atoms with E-state index in [2.05, 4.69) is 23.3 Å². The van der Waals surface area contributed by atoms with Gasteiger partial charge in [-0.1, -0.05) is 0 Å².